The molecule has 2 aromatic heterocycles. The summed E-state index contributed by atoms with van der Waals surface area (Å²) in [6.07, 6.45) is 2.06. The predicted molar refractivity (Wildman–Crippen MR) is 285 cm³/mol. The van der Waals surface area contributed by atoms with Gasteiger partial charge in [0.1, 0.15) is 5.82 Å². The minimum atomic E-state index is -0.0434. The van der Waals surface area contributed by atoms with Gasteiger partial charge in [-0.05, 0) is 103 Å². The SMILES string of the molecule is CC(C)c1cc(-n2c3[c-]c(Oc4[c-]c(N5[CH-]N(c6ccc(C(C)(C)C)cc6)c6ccc(-c7ccccc7)cc65)ccc4)ccc3c3ccc(C(C)(C)C)cc32)ncc1-c1ccc(C(C)(C)C)cc1.[Pt]. The normalized spacial score (nSPS) is 13.0. The number of anilines is 4. The van der Waals surface area contributed by atoms with Gasteiger partial charge in [-0.15, -0.1) is 48.1 Å². The number of pyridine rings is 1. The molecule has 9 aromatic rings. The van der Waals surface area contributed by atoms with Gasteiger partial charge in [-0.1, -0.05) is 167 Å². The number of aromatic nitrogens is 2. The van der Waals surface area contributed by atoms with Crippen molar-refractivity contribution in [2.45, 2.75) is 98.3 Å². The molecular formula is C63H61N4OPt-3. The summed E-state index contributed by atoms with van der Waals surface area (Å²) < 4.78 is 9.03. The molecule has 0 unspecified atom stereocenters. The van der Waals surface area contributed by atoms with Gasteiger partial charge in [-0.2, -0.15) is 12.1 Å². The second-order valence-corrected chi connectivity index (χ2v) is 21.7. The fourth-order valence-electron chi connectivity index (χ4n) is 9.38. The summed E-state index contributed by atoms with van der Waals surface area (Å²) in [5.41, 5.74) is 16.0. The van der Waals surface area contributed by atoms with Crippen LogP contribution in [0.2, 0.25) is 0 Å². The van der Waals surface area contributed by atoms with Crippen molar-refractivity contribution in [2.75, 3.05) is 9.80 Å². The maximum Gasteiger partial charge on any atom is 0.135 e. The molecule has 10 rings (SSSR count). The third-order valence-electron chi connectivity index (χ3n) is 13.4. The van der Waals surface area contributed by atoms with Gasteiger partial charge in [-0.25, -0.2) is 4.98 Å². The molecule has 0 fully saturated rings. The van der Waals surface area contributed by atoms with E-state index < -0.39 is 0 Å². The van der Waals surface area contributed by atoms with Crippen LogP contribution < -0.4 is 14.5 Å². The third kappa shape index (κ3) is 9.27. The molecule has 5 nitrogen and oxygen atoms in total. The summed E-state index contributed by atoms with van der Waals surface area (Å²) >= 11 is 0. The fourth-order valence-corrected chi connectivity index (χ4v) is 9.38. The van der Waals surface area contributed by atoms with Gasteiger partial charge in [0.2, 0.25) is 0 Å². The molecule has 0 amide bonds. The standard InChI is InChI=1S/C63H61N4O.Pt/c1-41(2)54-38-60(64-39-55(54)43-20-23-45(24-21-43)61(3,4)5)67-57-35-47(63(9,10)11)27-31-52(57)53-32-30-51(37-58(53)67)68-50-19-15-18-49(36-50)66-40-65(48-28-25-46(26-29-48)62(6,7)8)56-33-22-44(34-59(56)66)42-16-13-12-14-17-42;/h12-35,38-41H,1-11H3;/q-3;. The Labute approximate surface area is 424 Å². The number of hydrogen-bond acceptors (Lipinski definition) is 4. The van der Waals surface area contributed by atoms with E-state index in [1.54, 1.807) is 0 Å². The molecule has 0 saturated heterocycles. The number of rotatable bonds is 8. The first-order valence-corrected chi connectivity index (χ1v) is 24.0. The molecule has 0 radical (unpaired) electrons. The van der Waals surface area contributed by atoms with Gasteiger partial charge >= 0.3 is 0 Å². The van der Waals surface area contributed by atoms with Gasteiger partial charge in [0, 0.05) is 66.9 Å². The van der Waals surface area contributed by atoms with Crippen LogP contribution in [-0.2, 0) is 37.3 Å². The van der Waals surface area contributed by atoms with Crippen LogP contribution in [0.15, 0.2) is 158 Å². The van der Waals surface area contributed by atoms with E-state index in [4.69, 9.17) is 9.72 Å². The van der Waals surface area contributed by atoms with E-state index in [-0.39, 0.29) is 43.2 Å². The molecule has 0 N–H and O–H groups in total. The molecule has 0 saturated carbocycles. The van der Waals surface area contributed by atoms with E-state index in [1.807, 2.05) is 18.2 Å². The molecule has 3 heterocycles. The number of fused-ring (bicyclic) bond motifs is 4. The summed E-state index contributed by atoms with van der Waals surface area (Å²) in [5, 5.41) is 2.24. The van der Waals surface area contributed by atoms with Gasteiger partial charge in [0.25, 0.3) is 0 Å². The maximum absolute atomic E-state index is 6.76. The van der Waals surface area contributed by atoms with Crippen molar-refractivity contribution >= 4 is 44.6 Å². The molecule has 352 valence electrons. The Hall–Kier alpha value is -6.42. The second kappa shape index (κ2) is 18.2. The van der Waals surface area contributed by atoms with E-state index in [1.165, 1.54) is 33.4 Å². The molecule has 7 aromatic carbocycles. The first kappa shape index (κ1) is 47.6. The Kier molecular flexibility index (Phi) is 12.5. The van der Waals surface area contributed by atoms with Crippen molar-refractivity contribution in [1.29, 1.82) is 0 Å². The van der Waals surface area contributed by atoms with Crippen molar-refractivity contribution in [2.24, 2.45) is 0 Å². The quantitative estimate of drug-likeness (QED) is 0.142. The molecule has 1 aliphatic heterocycles. The number of hydrogen-bond donors (Lipinski definition) is 0. The Bertz CT molecular complexity index is 3310. The topological polar surface area (TPSA) is 33.5 Å². The zero-order chi connectivity index (χ0) is 47.7. The minimum absolute atomic E-state index is 0. The van der Waals surface area contributed by atoms with Crippen LogP contribution >= 0.6 is 0 Å². The van der Waals surface area contributed by atoms with Gasteiger partial charge in [0.15, 0.2) is 0 Å². The summed E-state index contributed by atoms with van der Waals surface area (Å²) in [5.74, 6) is 2.32. The molecule has 0 bridgehead atoms. The zero-order valence-electron chi connectivity index (χ0n) is 41.7. The molecule has 0 spiro atoms. The third-order valence-corrected chi connectivity index (χ3v) is 13.4. The molecule has 0 atom stereocenters. The summed E-state index contributed by atoms with van der Waals surface area (Å²) in [4.78, 5) is 9.72. The maximum atomic E-state index is 6.76. The van der Waals surface area contributed by atoms with Crippen LogP contribution in [0.1, 0.15) is 104 Å². The Morgan fingerprint density at radius 1 is 0.536 bits per heavy atom. The van der Waals surface area contributed by atoms with Crippen LogP contribution in [0.4, 0.5) is 22.7 Å². The first-order valence-electron chi connectivity index (χ1n) is 24.0. The van der Waals surface area contributed by atoms with E-state index in [0.29, 0.717) is 11.5 Å². The van der Waals surface area contributed by atoms with Crippen molar-refractivity contribution in [1.82, 2.24) is 9.55 Å². The number of ether oxygens (including phenoxy) is 1. The van der Waals surface area contributed by atoms with Gasteiger partial charge in [-0.3, -0.25) is 0 Å². The summed E-state index contributed by atoms with van der Waals surface area (Å²) in [6, 6.07) is 61.9. The van der Waals surface area contributed by atoms with E-state index in [9.17, 15) is 0 Å². The Morgan fingerprint density at radius 3 is 1.83 bits per heavy atom. The van der Waals surface area contributed by atoms with Crippen molar-refractivity contribution in [3.05, 3.63) is 199 Å². The van der Waals surface area contributed by atoms with Crippen LogP contribution in [0.25, 0.3) is 49.9 Å². The van der Waals surface area contributed by atoms with Crippen molar-refractivity contribution in [3.63, 3.8) is 0 Å². The van der Waals surface area contributed by atoms with Gasteiger partial charge < -0.3 is 19.1 Å². The largest absolute Gasteiger partial charge is 0.509 e. The molecular weight excluding hydrogens is 1020 g/mol. The molecule has 0 aliphatic carbocycles. The van der Waals surface area contributed by atoms with Crippen LogP contribution in [0.5, 0.6) is 11.5 Å². The Balaban J connectivity index is 0.00000593. The van der Waals surface area contributed by atoms with E-state index >= 15 is 0 Å². The van der Waals surface area contributed by atoms with Crippen molar-refractivity contribution < 1.29 is 25.8 Å². The average molecular weight is 1090 g/mol. The fraction of sp³-hybridized carbons (Fsp3) is 0.238. The summed E-state index contributed by atoms with van der Waals surface area (Å²) in [7, 11) is 0. The zero-order valence-corrected chi connectivity index (χ0v) is 44.0. The van der Waals surface area contributed by atoms with Crippen LogP contribution in [0.3, 0.4) is 0 Å². The van der Waals surface area contributed by atoms with Gasteiger partial charge in [0.05, 0.1) is 0 Å². The summed E-state index contributed by atoms with van der Waals surface area (Å²) in [6.45, 7) is 27.0. The number of nitrogens with zero attached hydrogens (tertiary/aromatic N) is 4. The number of benzene rings is 7. The van der Waals surface area contributed by atoms with Crippen LogP contribution in [0, 0.1) is 18.8 Å². The predicted octanol–water partition coefficient (Wildman–Crippen LogP) is 17.3. The van der Waals surface area contributed by atoms with E-state index in [2.05, 4.69) is 249 Å². The van der Waals surface area contributed by atoms with Crippen molar-refractivity contribution in [3.8, 4) is 39.6 Å². The molecule has 69 heavy (non-hydrogen) atoms. The smallest absolute Gasteiger partial charge is 0.135 e. The Morgan fingerprint density at radius 2 is 1.16 bits per heavy atom. The average Bonchev–Trinajstić information content (AvgIpc) is 3.86. The van der Waals surface area contributed by atoms with E-state index in [0.717, 1.165) is 61.5 Å². The second-order valence-electron chi connectivity index (χ2n) is 21.7. The minimum Gasteiger partial charge on any atom is -0.509 e. The molecule has 6 heteroatoms. The monoisotopic (exact) mass is 1080 g/mol. The first-order chi connectivity index (χ1) is 32.4. The van der Waals surface area contributed by atoms with Crippen LogP contribution in [-0.4, -0.2) is 9.55 Å². The molecule has 1 aliphatic rings.